The van der Waals surface area contributed by atoms with Crippen molar-refractivity contribution in [3.63, 3.8) is 0 Å². The van der Waals surface area contributed by atoms with Crippen LogP contribution in [0, 0.1) is 11.8 Å². The smallest absolute Gasteiger partial charge is 0.165 e. The highest BCUT2D eigenvalue weighted by Crippen LogP contribution is 2.62. The van der Waals surface area contributed by atoms with Crippen molar-refractivity contribution in [2.45, 2.75) is 80.1 Å². The van der Waals surface area contributed by atoms with E-state index in [0.717, 1.165) is 62.3 Å². The fraction of sp³-hybridized carbons (Fsp3) is 0.583. The first-order chi connectivity index (χ1) is 21.2. The topological polar surface area (TPSA) is 91.7 Å². The molecule has 2 saturated heterocycles. The number of carbonyl (C=O) groups is 1. The van der Waals surface area contributed by atoms with E-state index < -0.39 is 6.10 Å². The second kappa shape index (κ2) is 9.96. The number of Topliss-reactive ketones (excluding diaryl/α,β-unsaturated/α-hetero) is 1. The van der Waals surface area contributed by atoms with Gasteiger partial charge in [0.15, 0.2) is 23.0 Å². The van der Waals surface area contributed by atoms with Crippen LogP contribution in [0.3, 0.4) is 0 Å². The van der Waals surface area contributed by atoms with Crippen LogP contribution in [0.2, 0.25) is 0 Å². The molecule has 8 heteroatoms. The molecule has 44 heavy (non-hydrogen) atoms. The number of benzene rings is 2. The number of likely N-dealkylation sites (N-methyl/N-ethyl adjacent to an activating group) is 2. The third kappa shape index (κ3) is 3.65. The van der Waals surface area contributed by atoms with Crippen molar-refractivity contribution >= 4 is 5.78 Å². The molecule has 2 aromatic carbocycles. The summed E-state index contributed by atoms with van der Waals surface area (Å²) in [5.41, 5.74) is 4.62. The first-order valence-corrected chi connectivity index (χ1v) is 16.3. The lowest BCUT2D eigenvalue weighted by Crippen LogP contribution is -2.64. The van der Waals surface area contributed by atoms with Crippen molar-refractivity contribution < 1.29 is 29.2 Å². The van der Waals surface area contributed by atoms with E-state index in [1.54, 1.807) is 14.2 Å². The summed E-state index contributed by atoms with van der Waals surface area (Å²) >= 11 is 0. The number of ketones is 1. The van der Waals surface area contributed by atoms with Gasteiger partial charge < -0.3 is 34.2 Å². The Morgan fingerprint density at radius 3 is 2.36 bits per heavy atom. The summed E-state index contributed by atoms with van der Waals surface area (Å²) in [4.78, 5) is 17.2. The van der Waals surface area contributed by atoms with Gasteiger partial charge in [0.1, 0.15) is 18.0 Å². The molecule has 7 aliphatic rings. The van der Waals surface area contributed by atoms with E-state index in [1.165, 1.54) is 16.7 Å². The van der Waals surface area contributed by atoms with Gasteiger partial charge >= 0.3 is 0 Å². The number of aliphatic hydroxyl groups excluding tert-OH is 1. The van der Waals surface area contributed by atoms with Gasteiger partial charge in [0.05, 0.1) is 14.2 Å². The summed E-state index contributed by atoms with van der Waals surface area (Å²) in [6.45, 7) is 2.04. The van der Waals surface area contributed by atoms with Crippen molar-refractivity contribution in [1.82, 2.24) is 9.80 Å². The van der Waals surface area contributed by atoms with E-state index in [9.17, 15) is 15.0 Å². The van der Waals surface area contributed by atoms with Gasteiger partial charge in [-0.15, -0.1) is 0 Å². The second-order valence-electron chi connectivity index (χ2n) is 14.3. The molecule has 0 radical (unpaired) electrons. The lowest BCUT2D eigenvalue weighted by molar-refractivity contribution is -0.126. The van der Waals surface area contributed by atoms with E-state index >= 15 is 0 Å². The lowest BCUT2D eigenvalue weighted by atomic mass is 9.52. The van der Waals surface area contributed by atoms with Crippen LogP contribution >= 0.6 is 0 Å². The zero-order valence-electron chi connectivity index (χ0n) is 26.2. The number of aliphatic hydroxyl groups is 1. The largest absolute Gasteiger partial charge is 0.504 e. The van der Waals surface area contributed by atoms with Crippen LogP contribution in [0.4, 0.5) is 0 Å². The summed E-state index contributed by atoms with van der Waals surface area (Å²) in [7, 11) is 7.69. The highest BCUT2D eigenvalue weighted by Gasteiger charge is 2.64. The Kier molecular flexibility index (Phi) is 6.43. The van der Waals surface area contributed by atoms with E-state index in [4.69, 9.17) is 14.2 Å². The summed E-state index contributed by atoms with van der Waals surface area (Å²) in [5.74, 6) is 3.70. The molecule has 0 aromatic heterocycles. The minimum Gasteiger partial charge on any atom is -0.504 e. The summed E-state index contributed by atoms with van der Waals surface area (Å²) < 4.78 is 17.2. The highest BCUT2D eigenvalue weighted by atomic mass is 16.5. The molecule has 2 aromatic rings. The van der Waals surface area contributed by atoms with Crippen LogP contribution in [0.15, 0.2) is 36.4 Å². The molecule has 8 nitrogen and oxygen atoms in total. The number of aromatic hydroxyl groups is 1. The van der Waals surface area contributed by atoms with Gasteiger partial charge in [-0.05, 0) is 88.5 Å². The molecule has 1 saturated carbocycles. The van der Waals surface area contributed by atoms with Gasteiger partial charge in [0, 0.05) is 52.8 Å². The highest BCUT2D eigenvalue weighted by molar-refractivity contribution is 5.82. The monoisotopic (exact) mass is 600 g/mol. The molecule has 0 amide bonds. The number of rotatable bonds is 2. The van der Waals surface area contributed by atoms with Crippen LogP contribution < -0.4 is 14.2 Å². The molecule has 8 atom stereocenters. The van der Waals surface area contributed by atoms with Crippen LogP contribution in [-0.4, -0.2) is 91.5 Å². The Hall–Kier alpha value is -3.07. The Balaban J connectivity index is 0.000000131. The maximum atomic E-state index is 12.2. The quantitative estimate of drug-likeness (QED) is 0.504. The first-order valence-electron chi connectivity index (χ1n) is 16.3. The Labute approximate surface area is 259 Å². The number of methoxy groups -OCH3 is 2. The van der Waals surface area contributed by atoms with Gasteiger partial charge in [-0.2, -0.15) is 0 Å². The molecule has 4 aliphatic carbocycles. The molecule has 4 bridgehead atoms. The Morgan fingerprint density at radius 1 is 0.909 bits per heavy atom. The predicted molar refractivity (Wildman–Crippen MR) is 166 cm³/mol. The van der Waals surface area contributed by atoms with Gasteiger partial charge in [-0.25, -0.2) is 0 Å². The van der Waals surface area contributed by atoms with Crippen molar-refractivity contribution in [2.75, 3.05) is 41.4 Å². The third-order valence-electron chi connectivity index (χ3n) is 12.6. The number of piperidine rings is 2. The van der Waals surface area contributed by atoms with Gasteiger partial charge in [0.2, 0.25) is 0 Å². The van der Waals surface area contributed by atoms with Crippen molar-refractivity contribution in [2.24, 2.45) is 11.8 Å². The van der Waals surface area contributed by atoms with Crippen molar-refractivity contribution in [1.29, 1.82) is 0 Å². The number of phenolic OH excluding ortho intramolecular Hbond substituents is 1. The molecule has 1 spiro atoms. The van der Waals surface area contributed by atoms with Crippen LogP contribution in [0.1, 0.15) is 54.4 Å². The number of likely N-dealkylation sites (tertiary alicyclic amines) is 2. The fourth-order valence-corrected chi connectivity index (χ4v) is 10.7. The fourth-order valence-electron chi connectivity index (χ4n) is 10.7. The van der Waals surface area contributed by atoms with Crippen molar-refractivity contribution in [3.8, 4) is 23.0 Å². The summed E-state index contributed by atoms with van der Waals surface area (Å²) in [6.07, 6.45) is 9.67. The second-order valence-corrected chi connectivity index (χ2v) is 14.3. The number of fused-ring (bicyclic) bond motifs is 1. The zero-order valence-corrected chi connectivity index (χ0v) is 26.2. The number of hydrogen-bond donors (Lipinski definition) is 2. The molecule has 3 heterocycles. The zero-order chi connectivity index (χ0) is 30.5. The molecule has 234 valence electrons. The van der Waals surface area contributed by atoms with Gasteiger partial charge in [0.25, 0.3) is 0 Å². The minimum absolute atomic E-state index is 0.0806. The van der Waals surface area contributed by atoms with Crippen LogP contribution in [-0.2, 0) is 28.5 Å². The first kappa shape index (κ1) is 28.4. The minimum atomic E-state index is -0.539. The third-order valence-corrected chi connectivity index (χ3v) is 12.6. The number of carbonyl (C=O) groups excluding carboxylic acids is 1. The maximum Gasteiger partial charge on any atom is 0.165 e. The molecule has 2 N–H and O–H groups in total. The number of hydrogen-bond acceptors (Lipinski definition) is 8. The van der Waals surface area contributed by atoms with E-state index in [0.29, 0.717) is 48.3 Å². The lowest BCUT2D eigenvalue weighted by Gasteiger charge is -2.58. The SMILES string of the molecule is COc1ccc2c(c1O)[C@]13CCN(C)[C@H](C2)[C@@H]1CCC(=O)C3.COc1ccc2c3c1OC1[C@@H](O)C=C[C@H]4[C@@H](C2)N(C)CC[C@]314. The molecule has 3 aliphatic heterocycles. The summed E-state index contributed by atoms with van der Waals surface area (Å²) in [6, 6.07) is 9.12. The standard InChI is InChI=1S/C18H21NO3.C18H23NO3/c1-19-8-7-18-11-4-5-13(20)17(18)22-16-14(21-2)6-3-10(15(16)18)9-12(11)19;1-19-8-7-18-10-12(20)4-5-13(18)14(19)9-11-3-6-15(22-2)17(21)16(11)18/h3-6,11-13,17,20H,7-9H2,1-2H3;3,6,13-14,21H,4-5,7-10H2,1-2H3/t11-,12+,13-,17?,18-;13-,14+,18-/m00/s1. The Morgan fingerprint density at radius 2 is 1.59 bits per heavy atom. The number of nitrogens with zero attached hydrogens (tertiary/aromatic N) is 2. The van der Waals surface area contributed by atoms with Crippen LogP contribution in [0.25, 0.3) is 0 Å². The van der Waals surface area contributed by atoms with Crippen molar-refractivity contribution in [3.05, 3.63) is 58.7 Å². The predicted octanol–water partition coefficient (Wildman–Crippen LogP) is 3.77. The molecule has 3 fully saturated rings. The normalized spacial score (nSPS) is 37.5. The number of ether oxygens (including phenoxy) is 3. The average Bonchev–Trinajstić information content (AvgIpc) is 3.38. The molecule has 9 rings (SSSR count). The van der Waals surface area contributed by atoms with E-state index in [-0.39, 0.29) is 22.7 Å². The van der Waals surface area contributed by atoms with E-state index in [2.05, 4.69) is 42.1 Å². The van der Waals surface area contributed by atoms with E-state index in [1.807, 2.05) is 18.2 Å². The molecular weight excluding hydrogens is 556 g/mol. The molecular formula is C36H44N2O6. The molecule has 1 unspecified atom stereocenters. The average molecular weight is 601 g/mol. The van der Waals surface area contributed by atoms with Gasteiger partial charge in [-0.1, -0.05) is 24.3 Å². The van der Waals surface area contributed by atoms with Gasteiger partial charge in [-0.3, -0.25) is 4.79 Å². The maximum absolute atomic E-state index is 12.2. The van der Waals surface area contributed by atoms with Crippen LogP contribution in [0.5, 0.6) is 23.0 Å². The number of phenols is 1. The Bertz CT molecular complexity index is 1550. The summed E-state index contributed by atoms with van der Waals surface area (Å²) in [5, 5.41) is 21.3.